The largest absolute Gasteiger partial charge is 0.485 e. The summed E-state index contributed by atoms with van der Waals surface area (Å²) in [5, 5.41) is 0. The molecule has 1 atom stereocenters. The number of hydrogen-bond donors (Lipinski definition) is 2. The SMILES string of the molecule is Cc1ccccc1SCC(=O)OCC(=O)NNC(=O)[C@@H]1COc2ccccc2O1. The number of ether oxygens (including phenoxy) is 3. The molecular weight excluding hydrogens is 396 g/mol. The monoisotopic (exact) mass is 416 g/mol. The molecule has 0 unspecified atom stereocenters. The van der Waals surface area contributed by atoms with Gasteiger partial charge in [0, 0.05) is 4.90 Å². The van der Waals surface area contributed by atoms with Crippen molar-refractivity contribution in [3.05, 3.63) is 54.1 Å². The molecule has 0 bridgehead atoms. The molecule has 0 fully saturated rings. The summed E-state index contributed by atoms with van der Waals surface area (Å²) >= 11 is 1.33. The zero-order valence-electron chi connectivity index (χ0n) is 15.7. The maximum absolute atomic E-state index is 12.1. The predicted molar refractivity (Wildman–Crippen MR) is 106 cm³/mol. The fourth-order valence-electron chi connectivity index (χ4n) is 2.44. The van der Waals surface area contributed by atoms with Crippen molar-refractivity contribution in [3.63, 3.8) is 0 Å². The number of hydrazine groups is 1. The Morgan fingerprint density at radius 3 is 2.59 bits per heavy atom. The maximum atomic E-state index is 12.1. The third-order valence-electron chi connectivity index (χ3n) is 3.93. The molecule has 29 heavy (non-hydrogen) atoms. The second-order valence-corrected chi connectivity index (χ2v) is 7.13. The van der Waals surface area contributed by atoms with Crippen LogP contribution >= 0.6 is 11.8 Å². The molecule has 1 aliphatic heterocycles. The number of fused-ring (bicyclic) bond motifs is 1. The minimum absolute atomic E-state index is 0.0177. The third-order valence-corrected chi connectivity index (χ3v) is 5.08. The van der Waals surface area contributed by atoms with Crippen LogP contribution in [0.15, 0.2) is 53.4 Å². The average molecular weight is 416 g/mol. The number of carbonyl (C=O) groups excluding carboxylic acids is 3. The molecule has 0 aliphatic carbocycles. The highest BCUT2D eigenvalue weighted by molar-refractivity contribution is 8.00. The Morgan fingerprint density at radius 1 is 1.07 bits per heavy atom. The van der Waals surface area contributed by atoms with Crippen molar-refractivity contribution in [2.75, 3.05) is 19.0 Å². The minimum Gasteiger partial charge on any atom is -0.485 e. The van der Waals surface area contributed by atoms with Crippen molar-refractivity contribution in [1.82, 2.24) is 10.9 Å². The van der Waals surface area contributed by atoms with Gasteiger partial charge in [0.25, 0.3) is 11.8 Å². The highest BCUT2D eigenvalue weighted by Crippen LogP contribution is 2.30. The van der Waals surface area contributed by atoms with Crippen molar-refractivity contribution in [2.45, 2.75) is 17.9 Å². The second kappa shape index (κ2) is 9.83. The van der Waals surface area contributed by atoms with E-state index in [9.17, 15) is 14.4 Å². The van der Waals surface area contributed by atoms with Gasteiger partial charge in [0.05, 0.1) is 5.75 Å². The van der Waals surface area contributed by atoms with E-state index in [0.29, 0.717) is 11.5 Å². The molecule has 1 aliphatic rings. The molecule has 8 nitrogen and oxygen atoms in total. The molecule has 2 N–H and O–H groups in total. The first kappa shape index (κ1) is 20.5. The molecule has 0 spiro atoms. The molecule has 0 saturated heterocycles. The molecular formula is C20H20N2O6S. The van der Waals surface area contributed by atoms with E-state index in [1.807, 2.05) is 31.2 Å². The van der Waals surface area contributed by atoms with Crippen LogP contribution in [0.5, 0.6) is 11.5 Å². The lowest BCUT2D eigenvalue weighted by Gasteiger charge is -2.25. The summed E-state index contributed by atoms with van der Waals surface area (Å²) in [5.41, 5.74) is 5.47. The summed E-state index contributed by atoms with van der Waals surface area (Å²) in [5.74, 6) is -0.683. The summed E-state index contributed by atoms with van der Waals surface area (Å²) in [6, 6.07) is 14.6. The van der Waals surface area contributed by atoms with Crippen LogP contribution in [-0.4, -0.2) is 42.9 Å². The van der Waals surface area contributed by atoms with Gasteiger partial charge in [-0.25, -0.2) is 0 Å². The van der Waals surface area contributed by atoms with Gasteiger partial charge in [-0.3, -0.25) is 25.2 Å². The van der Waals surface area contributed by atoms with Gasteiger partial charge < -0.3 is 14.2 Å². The number of rotatable bonds is 6. The van der Waals surface area contributed by atoms with E-state index in [4.69, 9.17) is 14.2 Å². The van der Waals surface area contributed by atoms with Crippen LogP contribution in [-0.2, 0) is 19.1 Å². The number of carbonyl (C=O) groups is 3. The van der Waals surface area contributed by atoms with Crippen LogP contribution in [0.2, 0.25) is 0 Å². The second-order valence-electron chi connectivity index (χ2n) is 6.12. The van der Waals surface area contributed by atoms with Gasteiger partial charge in [-0.05, 0) is 30.7 Å². The normalized spacial score (nSPS) is 14.6. The Kier molecular flexibility index (Phi) is 6.96. The van der Waals surface area contributed by atoms with Crippen molar-refractivity contribution < 1.29 is 28.6 Å². The number of hydrogen-bond acceptors (Lipinski definition) is 7. The van der Waals surface area contributed by atoms with Crippen LogP contribution in [0.4, 0.5) is 0 Å². The van der Waals surface area contributed by atoms with Crippen molar-refractivity contribution in [2.24, 2.45) is 0 Å². The quantitative estimate of drug-likeness (QED) is 0.419. The number of para-hydroxylation sites is 2. The van der Waals surface area contributed by atoms with Crippen LogP contribution in [0, 0.1) is 6.92 Å². The molecule has 2 aromatic carbocycles. The van der Waals surface area contributed by atoms with Crippen molar-refractivity contribution >= 4 is 29.5 Å². The first-order valence-electron chi connectivity index (χ1n) is 8.84. The fraction of sp³-hybridized carbons (Fsp3) is 0.250. The number of thioether (sulfide) groups is 1. The van der Waals surface area contributed by atoms with E-state index >= 15 is 0 Å². The minimum atomic E-state index is -0.904. The number of nitrogens with one attached hydrogen (secondary N) is 2. The highest BCUT2D eigenvalue weighted by atomic mass is 32.2. The van der Waals surface area contributed by atoms with Crippen molar-refractivity contribution in [3.8, 4) is 11.5 Å². The van der Waals surface area contributed by atoms with E-state index in [1.165, 1.54) is 11.8 Å². The Balaban J connectivity index is 1.35. The van der Waals surface area contributed by atoms with Gasteiger partial charge in [-0.2, -0.15) is 0 Å². The first-order valence-corrected chi connectivity index (χ1v) is 9.82. The molecule has 0 saturated carbocycles. The van der Waals surface area contributed by atoms with E-state index in [1.54, 1.807) is 24.3 Å². The van der Waals surface area contributed by atoms with Gasteiger partial charge in [-0.15, -0.1) is 11.8 Å². The van der Waals surface area contributed by atoms with Gasteiger partial charge in [0.1, 0.15) is 6.61 Å². The lowest BCUT2D eigenvalue weighted by Crippen LogP contribution is -2.51. The Morgan fingerprint density at radius 2 is 1.79 bits per heavy atom. The predicted octanol–water partition coefficient (Wildman–Crippen LogP) is 1.62. The van der Waals surface area contributed by atoms with Crippen LogP contribution < -0.4 is 20.3 Å². The maximum Gasteiger partial charge on any atom is 0.316 e. The van der Waals surface area contributed by atoms with Gasteiger partial charge in [-0.1, -0.05) is 30.3 Å². The standard InChI is InChI=1S/C20H20N2O6S/c1-13-6-2-5-9-17(13)29-12-19(24)27-11-18(23)21-22-20(25)16-10-26-14-7-3-4-8-15(14)28-16/h2-9,16H,10-12H2,1H3,(H,21,23)(H,22,25)/t16-/m0/s1. The van der Waals surface area contributed by atoms with Gasteiger partial charge >= 0.3 is 5.97 Å². The van der Waals surface area contributed by atoms with E-state index in [0.717, 1.165) is 10.5 Å². The number of esters is 1. The summed E-state index contributed by atoms with van der Waals surface area (Å²) < 4.78 is 15.9. The molecule has 9 heteroatoms. The molecule has 2 aromatic rings. The summed E-state index contributed by atoms with van der Waals surface area (Å²) in [7, 11) is 0. The summed E-state index contributed by atoms with van der Waals surface area (Å²) in [6.45, 7) is 1.46. The fourth-order valence-corrected chi connectivity index (χ4v) is 3.27. The number of aryl methyl sites for hydroxylation is 1. The number of amides is 2. The zero-order valence-corrected chi connectivity index (χ0v) is 16.5. The Bertz CT molecular complexity index is 904. The highest BCUT2D eigenvalue weighted by Gasteiger charge is 2.27. The van der Waals surface area contributed by atoms with Crippen LogP contribution in [0.25, 0.3) is 0 Å². The molecule has 152 valence electrons. The van der Waals surface area contributed by atoms with E-state index in [-0.39, 0.29) is 12.4 Å². The average Bonchev–Trinajstić information content (AvgIpc) is 2.75. The Hall–Kier alpha value is -3.20. The lowest BCUT2D eigenvalue weighted by atomic mass is 10.2. The topological polar surface area (TPSA) is 103 Å². The lowest BCUT2D eigenvalue weighted by molar-refractivity contribution is -0.146. The van der Waals surface area contributed by atoms with Crippen LogP contribution in [0.3, 0.4) is 0 Å². The molecule has 1 heterocycles. The molecule has 0 radical (unpaired) electrons. The van der Waals surface area contributed by atoms with Gasteiger partial charge in [0.2, 0.25) is 6.10 Å². The first-order chi connectivity index (χ1) is 14.0. The Labute approximate surface area is 171 Å². The smallest absolute Gasteiger partial charge is 0.316 e. The van der Waals surface area contributed by atoms with Crippen molar-refractivity contribution in [1.29, 1.82) is 0 Å². The summed E-state index contributed by atoms with van der Waals surface area (Å²) in [4.78, 5) is 36.6. The van der Waals surface area contributed by atoms with Crippen LogP contribution in [0.1, 0.15) is 5.56 Å². The molecule has 2 amide bonds. The molecule has 0 aromatic heterocycles. The third kappa shape index (κ3) is 5.89. The summed E-state index contributed by atoms with van der Waals surface area (Å²) in [6.07, 6.45) is -0.904. The molecule has 3 rings (SSSR count). The number of benzene rings is 2. The van der Waals surface area contributed by atoms with E-state index < -0.39 is 30.5 Å². The van der Waals surface area contributed by atoms with E-state index in [2.05, 4.69) is 10.9 Å². The zero-order chi connectivity index (χ0) is 20.6. The van der Waals surface area contributed by atoms with Gasteiger partial charge in [0.15, 0.2) is 18.1 Å².